The van der Waals surface area contributed by atoms with Crippen LogP contribution in [0.15, 0.2) is 42.6 Å². The Kier molecular flexibility index (Phi) is 6.60. The molecule has 0 amide bonds. The van der Waals surface area contributed by atoms with Gasteiger partial charge >= 0.3 is 5.97 Å². The number of pyridine rings is 1. The molecule has 0 radical (unpaired) electrons. The largest absolute Gasteiger partial charge is 0.466 e. The zero-order chi connectivity index (χ0) is 16.5. The second-order valence-electron chi connectivity index (χ2n) is 5.39. The van der Waals surface area contributed by atoms with Crippen molar-refractivity contribution >= 4 is 5.97 Å². The molecule has 4 nitrogen and oxygen atoms in total. The van der Waals surface area contributed by atoms with Crippen molar-refractivity contribution in [3.63, 3.8) is 0 Å². The Hall–Kier alpha value is -2.36. The van der Waals surface area contributed by atoms with Crippen LogP contribution in [0.3, 0.4) is 0 Å². The molecule has 0 saturated heterocycles. The number of rotatable bonds is 8. The molecule has 23 heavy (non-hydrogen) atoms. The third-order valence-electron chi connectivity index (χ3n) is 3.44. The Morgan fingerprint density at radius 3 is 2.43 bits per heavy atom. The van der Waals surface area contributed by atoms with Gasteiger partial charge in [-0.15, -0.1) is 0 Å². The first-order chi connectivity index (χ1) is 11.2. The SMILES string of the molecule is CCOC(=O)CCCCc1ccc(Oc2ccc(C)nc2)cc1. The number of aryl methyl sites for hydroxylation is 2. The predicted octanol–water partition coefficient (Wildman–Crippen LogP) is 4.46. The van der Waals surface area contributed by atoms with Crippen LogP contribution in [0.2, 0.25) is 0 Å². The van der Waals surface area contributed by atoms with E-state index in [1.54, 1.807) is 6.20 Å². The summed E-state index contributed by atoms with van der Waals surface area (Å²) in [4.78, 5) is 15.5. The molecule has 1 heterocycles. The maximum absolute atomic E-state index is 11.2. The van der Waals surface area contributed by atoms with E-state index in [0.717, 1.165) is 36.5 Å². The number of hydrogen-bond donors (Lipinski definition) is 0. The van der Waals surface area contributed by atoms with Gasteiger partial charge in [-0.2, -0.15) is 0 Å². The highest BCUT2D eigenvalue weighted by atomic mass is 16.5. The fourth-order valence-electron chi connectivity index (χ4n) is 2.21. The van der Waals surface area contributed by atoms with Gasteiger partial charge in [-0.05, 0) is 62.9 Å². The summed E-state index contributed by atoms with van der Waals surface area (Å²) in [7, 11) is 0. The van der Waals surface area contributed by atoms with Crippen LogP contribution in [0.4, 0.5) is 0 Å². The summed E-state index contributed by atoms with van der Waals surface area (Å²) in [5, 5.41) is 0. The molecule has 4 heteroatoms. The minimum atomic E-state index is -0.108. The number of carbonyl (C=O) groups excluding carboxylic acids is 1. The van der Waals surface area contributed by atoms with E-state index >= 15 is 0 Å². The fraction of sp³-hybridized carbons (Fsp3) is 0.368. The monoisotopic (exact) mass is 313 g/mol. The van der Waals surface area contributed by atoms with Crippen LogP contribution >= 0.6 is 0 Å². The van der Waals surface area contributed by atoms with E-state index in [4.69, 9.17) is 9.47 Å². The molecule has 0 atom stereocenters. The maximum atomic E-state index is 11.2. The molecule has 0 bridgehead atoms. The van der Waals surface area contributed by atoms with Gasteiger partial charge in [0.1, 0.15) is 11.5 Å². The first-order valence-electron chi connectivity index (χ1n) is 8.02. The average molecular weight is 313 g/mol. The van der Waals surface area contributed by atoms with Crippen LogP contribution in [-0.2, 0) is 16.0 Å². The molecule has 2 rings (SSSR count). The van der Waals surface area contributed by atoms with Gasteiger partial charge in [-0.3, -0.25) is 9.78 Å². The van der Waals surface area contributed by atoms with Crippen molar-refractivity contribution in [3.05, 3.63) is 53.9 Å². The van der Waals surface area contributed by atoms with Gasteiger partial charge in [-0.1, -0.05) is 12.1 Å². The van der Waals surface area contributed by atoms with E-state index in [1.165, 1.54) is 5.56 Å². The minimum absolute atomic E-state index is 0.108. The summed E-state index contributed by atoms with van der Waals surface area (Å²) in [6, 6.07) is 11.9. The van der Waals surface area contributed by atoms with Crippen molar-refractivity contribution in [2.45, 2.75) is 39.5 Å². The Morgan fingerprint density at radius 1 is 1.04 bits per heavy atom. The fourth-order valence-corrected chi connectivity index (χ4v) is 2.21. The van der Waals surface area contributed by atoms with Crippen molar-refractivity contribution < 1.29 is 14.3 Å². The number of ether oxygens (including phenoxy) is 2. The van der Waals surface area contributed by atoms with E-state index in [0.29, 0.717) is 13.0 Å². The van der Waals surface area contributed by atoms with Gasteiger partial charge in [0.05, 0.1) is 12.8 Å². The van der Waals surface area contributed by atoms with Crippen LogP contribution in [-0.4, -0.2) is 17.6 Å². The predicted molar refractivity (Wildman–Crippen MR) is 89.7 cm³/mol. The topological polar surface area (TPSA) is 48.4 Å². The highest BCUT2D eigenvalue weighted by Crippen LogP contribution is 2.21. The molecule has 0 aliphatic rings. The van der Waals surface area contributed by atoms with E-state index in [-0.39, 0.29) is 5.97 Å². The molecule has 1 aromatic heterocycles. The van der Waals surface area contributed by atoms with Gasteiger partial charge in [0.2, 0.25) is 0 Å². The van der Waals surface area contributed by atoms with Gasteiger partial charge in [0.25, 0.3) is 0 Å². The number of esters is 1. The van der Waals surface area contributed by atoms with Gasteiger partial charge < -0.3 is 9.47 Å². The molecular weight excluding hydrogens is 290 g/mol. The second-order valence-corrected chi connectivity index (χ2v) is 5.39. The molecule has 0 unspecified atom stereocenters. The summed E-state index contributed by atoms with van der Waals surface area (Å²) in [5.41, 5.74) is 2.21. The van der Waals surface area contributed by atoms with Crippen LogP contribution in [0.1, 0.15) is 37.4 Å². The van der Waals surface area contributed by atoms with Crippen molar-refractivity contribution in [2.24, 2.45) is 0 Å². The van der Waals surface area contributed by atoms with Gasteiger partial charge in [0.15, 0.2) is 0 Å². The van der Waals surface area contributed by atoms with Crippen molar-refractivity contribution in [2.75, 3.05) is 6.61 Å². The number of unbranched alkanes of at least 4 members (excludes halogenated alkanes) is 1. The smallest absolute Gasteiger partial charge is 0.305 e. The molecule has 0 saturated carbocycles. The Labute approximate surface area is 137 Å². The van der Waals surface area contributed by atoms with E-state index in [9.17, 15) is 4.79 Å². The van der Waals surface area contributed by atoms with Crippen molar-refractivity contribution in [3.8, 4) is 11.5 Å². The molecule has 0 aliphatic heterocycles. The quantitative estimate of drug-likeness (QED) is 0.533. The first-order valence-corrected chi connectivity index (χ1v) is 8.02. The lowest BCUT2D eigenvalue weighted by Crippen LogP contribution is -2.03. The Bertz CT molecular complexity index is 606. The van der Waals surface area contributed by atoms with Crippen molar-refractivity contribution in [1.82, 2.24) is 4.98 Å². The highest BCUT2D eigenvalue weighted by molar-refractivity contribution is 5.69. The summed E-state index contributed by atoms with van der Waals surface area (Å²) in [5.74, 6) is 1.42. The summed E-state index contributed by atoms with van der Waals surface area (Å²) >= 11 is 0. The zero-order valence-corrected chi connectivity index (χ0v) is 13.7. The van der Waals surface area contributed by atoms with Gasteiger partial charge in [0, 0.05) is 12.1 Å². The summed E-state index contributed by atoms with van der Waals surface area (Å²) in [6.07, 6.45) is 4.99. The second kappa shape index (κ2) is 8.93. The molecular formula is C19H23NO3. The van der Waals surface area contributed by atoms with Crippen LogP contribution < -0.4 is 4.74 Å². The molecule has 0 fully saturated rings. The third kappa shape index (κ3) is 6.10. The van der Waals surface area contributed by atoms with E-state index < -0.39 is 0 Å². The number of benzene rings is 1. The van der Waals surface area contributed by atoms with Crippen LogP contribution in [0, 0.1) is 6.92 Å². The normalized spacial score (nSPS) is 10.3. The summed E-state index contributed by atoms with van der Waals surface area (Å²) in [6.45, 7) is 4.23. The minimum Gasteiger partial charge on any atom is -0.466 e. The van der Waals surface area contributed by atoms with Crippen LogP contribution in [0.5, 0.6) is 11.5 Å². The first kappa shape index (κ1) is 17.0. The molecule has 2 aromatic rings. The number of aromatic nitrogens is 1. The Balaban J connectivity index is 1.76. The number of hydrogen-bond acceptors (Lipinski definition) is 4. The van der Waals surface area contributed by atoms with Crippen LogP contribution in [0.25, 0.3) is 0 Å². The lowest BCUT2D eigenvalue weighted by Gasteiger charge is -2.07. The molecule has 0 spiro atoms. The van der Waals surface area contributed by atoms with Crippen molar-refractivity contribution in [1.29, 1.82) is 0 Å². The number of carbonyl (C=O) groups is 1. The molecule has 1 aromatic carbocycles. The lowest BCUT2D eigenvalue weighted by molar-refractivity contribution is -0.143. The molecule has 122 valence electrons. The standard InChI is InChI=1S/C19H23NO3/c1-3-22-19(21)7-5-4-6-16-9-12-17(13-10-16)23-18-11-8-15(2)20-14-18/h8-14H,3-7H2,1-2H3. The number of nitrogens with zero attached hydrogens (tertiary/aromatic N) is 1. The van der Waals surface area contributed by atoms with Gasteiger partial charge in [-0.25, -0.2) is 0 Å². The molecule has 0 aliphatic carbocycles. The van der Waals surface area contributed by atoms with E-state index in [1.807, 2.05) is 38.1 Å². The maximum Gasteiger partial charge on any atom is 0.305 e. The Morgan fingerprint density at radius 2 is 1.78 bits per heavy atom. The van der Waals surface area contributed by atoms with E-state index in [2.05, 4.69) is 17.1 Å². The summed E-state index contributed by atoms with van der Waals surface area (Å²) < 4.78 is 10.7. The molecule has 0 N–H and O–H groups in total. The highest BCUT2D eigenvalue weighted by Gasteiger charge is 2.02. The lowest BCUT2D eigenvalue weighted by atomic mass is 10.1. The third-order valence-corrected chi connectivity index (χ3v) is 3.44. The zero-order valence-electron chi connectivity index (χ0n) is 13.7. The average Bonchev–Trinajstić information content (AvgIpc) is 2.55.